The Kier molecular flexibility index (Phi) is 8.47. The van der Waals surface area contributed by atoms with Crippen molar-refractivity contribution < 1.29 is 23.5 Å². The van der Waals surface area contributed by atoms with Crippen LogP contribution in [0.5, 0.6) is 0 Å². The molecule has 2 aromatic rings. The van der Waals surface area contributed by atoms with Crippen LogP contribution in [0.3, 0.4) is 0 Å². The van der Waals surface area contributed by atoms with Crippen molar-refractivity contribution in [2.24, 2.45) is 16.8 Å². The summed E-state index contributed by atoms with van der Waals surface area (Å²) >= 11 is 2.36. The molecule has 7 nitrogen and oxygen atoms in total. The fourth-order valence-corrected chi connectivity index (χ4v) is 5.71. The number of nitrogens with zero attached hydrogens (tertiary/aromatic N) is 3. The van der Waals surface area contributed by atoms with E-state index in [0.717, 1.165) is 30.8 Å². The summed E-state index contributed by atoms with van der Waals surface area (Å²) in [4.78, 5) is 43.3. The summed E-state index contributed by atoms with van der Waals surface area (Å²) in [5, 5.41) is 0. The molecule has 0 N–H and O–H groups in total. The first kappa shape index (κ1) is 24.4. The predicted octanol–water partition coefficient (Wildman–Crippen LogP) is 3.07. The summed E-state index contributed by atoms with van der Waals surface area (Å²) in [6.07, 6.45) is 1.12. The number of rotatable bonds is 7. The number of carbonyl (C=O) groups excluding carboxylic acids is 3. The van der Waals surface area contributed by atoms with E-state index in [0.29, 0.717) is 26.9 Å². The average Bonchev–Trinajstić information content (AvgIpc) is 3.03. The van der Waals surface area contributed by atoms with Crippen LogP contribution in [0.1, 0.15) is 27.2 Å². The SMILES string of the molecule is CCOC(=O)Cn1c(=NC(=O)CSCC(=O)N2CC(C)CC(C)C2)sc2cc(F)ccc21. The van der Waals surface area contributed by atoms with Crippen molar-refractivity contribution in [1.29, 1.82) is 0 Å². The van der Waals surface area contributed by atoms with Crippen molar-refractivity contribution in [3.05, 3.63) is 28.8 Å². The number of amides is 2. The lowest BCUT2D eigenvalue weighted by Crippen LogP contribution is -2.43. The van der Waals surface area contributed by atoms with Crippen LogP contribution in [0.2, 0.25) is 0 Å². The first-order valence-corrected chi connectivity index (χ1v) is 12.6. The largest absolute Gasteiger partial charge is 0.465 e. The smallest absolute Gasteiger partial charge is 0.326 e. The van der Waals surface area contributed by atoms with Gasteiger partial charge in [0, 0.05) is 13.1 Å². The zero-order valence-electron chi connectivity index (χ0n) is 18.5. The molecule has 0 radical (unpaired) electrons. The zero-order valence-corrected chi connectivity index (χ0v) is 20.1. The minimum Gasteiger partial charge on any atom is -0.465 e. The molecule has 1 fully saturated rings. The van der Waals surface area contributed by atoms with E-state index in [1.165, 1.54) is 23.9 Å². The molecule has 0 bridgehead atoms. The first-order chi connectivity index (χ1) is 15.3. The van der Waals surface area contributed by atoms with Gasteiger partial charge in [0.15, 0.2) is 4.80 Å². The van der Waals surface area contributed by atoms with E-state index in [2.05, 4.69) is 18.8 Å². The Hall–Kier alpha value is -2.20. The van der Waals surface area contributed by atoms with Crippen LogP contribution in [-0.2, 0) is 25.7 Å². The third-order valence-corrected chi connectivity index (χ3v) is 7.07. The van der Waals surface area contributed by atoms with Crippen LogP contribution in [0.25, 0.3) is 10.2 Å². The average molecular weight is 482 g/mol. The van der Waals surface area contributed by atoms with Crippen LogP contribution in [0.15, 0.2) is 23.2 Å². The van der Waals surface area contributed by atoms with Crippen molar-refractivity contribution >= 4 is 51.1 Å². The van der Waals surface area contributed by atoms with Gasteiger partial charge in [-0.1, -0.05) is 25.2 Å². The number of hydrogen-bond donors (Lipinski definition) is 0. The molecule has 0 saturated carbocycles. The van der Waals surface area contributed by atoms with Crippen molar-refractivity contribution in [3.8, 4) is 0 Å². The zero-order chi connectivity index (χ0) is 23.3. The number of thioether (sulfide) groups is 1. The van der Waals surface area contributed by atoms with Crippen molar-refractivity contribution in [3.63, 3.8) is 0 Å². The normalized spacial score (nSPS) is 19.4. The second-order valence-corrected chi connectivity index (χ2v) is 10.1. The standard InChI is InChI=1S/C22H28FN3O4S2/c1-4-30-21(29)11-26-17-6-5-16(23)8-18(17)32-22(26)24-19(27)12-31-13-20(28)25-9-14(2)7-15(3)10-25/h5-6,8,14-15H,4,7,9-13H2,1-3H3. The number of benzene rings is 1. The van der Waals surface area contributed by atoms with E-state index < -0.39 is 17.7 Å². The number of esters is 1. The molecular formula is C22H28FN3O4S2. The molecule has 2 heterocycles. The molecule has 3 rings (SSSR count). The molecule has 2 unspecified atom stereocenters. The van der Waals surface area contributed by atoms with Gasteiger partial charge in [0.2, 0.25) is 5.91 Å². The molecule has 1 aromatic carbocycles. The molecule has 1 saturated heterocycles. The van der Waals surface area contributed by atoms with Gasteiger partial charge < -0.3 is 14.2 Å². The lowest BCUT2D eigenvalue weighted by molar-refractivity contribution is -0.143. The number of hydrogen-bond acceptors (Lipinski definition) is 6. The Bertz CT molecular complexity index is 1060. The van der Waals surface area contributed by atoms with Crippen molar-refractivity contribution in [1.82, 2.24) is 9.47 Å². The second-order valence-electron chi connectivity index (χ2n) is 8.13. The van der Waals surface area contributed by atoms with Crippen LogP contribution in [0, 0.1) is 17.7 Å². The number of likely N-dealkylation sites (tertiary alicyclic amines) is 1. The van der Waals surface area contributed by atoms with Gasteiger partial charge in [0.1, 0.15) is 12.4 Å². The molecule has 32 heavy (non-hydrogen) atoms. The highest BCUT2D eigenvalue weighted by Crippen LogP contribution is 2.22. The molecule has 10 heteroatoms. The van der Waals surface area contributed by atoms with Gasteiger partial charge in [0.05, 0.1) is 28.3 Å². The van der Waals surface area contributed by atoms with Crippen molar-refractivity contribution in [2.45, 2.75) is 33.7 Å². The summed E-state index contributed by atoms with van der Waals surface area (Å²) in [7, 11) is 0. The minimum absolute atomic E-state index is 0.0379. The first-order valence-electron chi connectivity index (χ1n) is 10.6. The summed E-state index contributed by atoms with van der Waals surface area (Å²) in [5.41, 5.74) is 0.604. The van der Waals surface area contributed by atoms with E-state index in [1.54, 1.807) is 17.6 Å². The van der Waals surface area contributed by atoms with Gasteiger partial charge in [-0.3, -0.25) is 14.4 Å². The van der Waals surface area contributed by atoms with Gasteiger partial charge in [-0.2, -0.15) is 4.99 Å². The fourth-order valence-electron chi connectivity index (χ4n) is 3.94. The number of thiazole rings is 1. The molecule has 1 aliphatic heterocycles. The Labute approximate surface area is 194 Å². The monoisotopic (exact) mass is 481 g/mol. The van der Waals surface area contributed by atoms with Crippen LogP contribution < -0.4 is 4.80 Å². The molecule has 0 aliphatic carbocycles. The number of carbonyl (C=O) groups is 3. The maximum Gasteiger partial charge on any atom is 0.326 e. The topological polar surface area (TPSA) is 81.0 Å². The van der Waals surface area contributed by atoms with E-state index >= 15 is 0 Å². The van der Waals surface area contributed by atoms with E-state index in [4.69, 9.17) is 4.74 Å². The summed E-state index contributed by atoms with van der Waals surface area (Å²) in [6.45, 7) is 7.63. The predicted molar refractivity (Wildman–Crippen MR) is 124 cm³/mol. The highest BCUT2D eigenvalue weighted by molar-refractivity contribution is 8.00. The highest BCUT2D eigenvalue weighted by Gasteiger charge is 2.25. The minimum atomic E-state index is -0.463. The number of ether oxygens (including phenoxy) is 1. The Balaban J connectivity index is 1.68. The number of piperidine rings is 1. The van der Waals surface area contributed by atoms with Crippen LogP contribution >= 0.6 is 23.1 Å². The summed E-state index contributed by atoms with van der Waals surface area (Å²) in [6, 6.07) is 4.20. The molecule has 0 spiro atoms. The molecule has 2 amide bonds. The number of aromatic nitrogens is 1. The number of fused-ring (bicyclic) bond motifs is 1. The Morgan fingerprint density at radius 3 is 2.62 bits per heavy atom. The third-order valence-electron chi connectivity index (χ3n) is 5.13. The summed E-state index contributed by atoms with van der Waals surface area (Å²) in [5.74, 6) is -0.00296. The van der Waals surface area contributed by atoms with E-state index in [1.807, 2.05) is 4.90 Å². The maximum absolute atomic E-state index is 13.6. The quantitative estimate of drug-likeness (QED) is 0.568. The molecule has 1 aromatic heterocycles. The molecular weight excluding hydrogens is 453 g/mol. The summed E-state index contributed by atoms with van der Waals surface area (Å²) < 4.78 is 20.8. The lowest BCUT2D eigenvalue weighted by Gasteiger charge is -2.35. The molecule has 1 aliphatic rings. The van der Waals surface area contributed by atoms with Gasteiger partial charge in [-0.05, 0) is 43.4 Å². The third kappa shape index (κ3) is 6.41. The maximum atomic E-state index is 13.6. The fraction of sp³-hybridized carbons (Fsp3) is 0.545. The van der Waals surface area contributed by atoms with Gasteiger partial charge in [0.25, 0.3) is 5.91 Å². The number of halogens is 1. The van der Waals surface area contributed by atoms with E-state index in [9.17, 15) is 18.8 Å². The molecule has 174 valence electrons. The van der Waals surface area contributed by atoms with Crippen LogP contribution in [0.4, 0.5) is 4.39 Å². The molecule has 2 atom stereocenters. The Morgan fingerprint density at radius 1 is 1.22 bits per heavy atom. The Morgan fingerprint density at radius 2 is 1.94 bits per heavy atom. The van der Waals surface area contributed by atoms with Gasteiger partial charge >= 0.3 is 5.97 Å². The van der Waals surface area contributed by atoms with Crippen LogP contribution in [-0.4, -0.2) is 58.5 Å². The van der Waals surface area contributed by atoms with Gasteiger partial charge in [-0.15, -0.1) is 11.8 Å². The van der Waals surface area contributed by atoms with E-state index in [-0.39, 0.29) is 30.6 Å². The van der Waals surface area contributed by atoms with Crippen molar-refractivity contribution in [2.75, 3.05) is 31.2 Å². The van der Waals surface area contributed by atoms with Gasteiger partial charge in [-0.25, -0.2) is 4.39 Å². The second kappa shape index (κ2) is 11.1. The lowest BCUT2D eigenvalue weighted by atomic mass is 9.92. The highest BCUT2D eigenvalue weighted by atomic mass is 32.2.